The molecule has 3 fully saturated rings. The van der Waals surface area contributed by atoms with Gasteiger partial charge < -0.3 is 26.2 Å². The fourth-order valence-electron chi connectivity index (χ4n) is 8.50. The molecule has 0 unspecified atom stereocenters. The number of thioether (sulfide) groups is 1. The highest BCUT2D eigenvalue weighted by molar-refractivity contribution is 8.01. The molecule has 46 heavy (non-hydrogen) atoms. The van der Waals surface area contributed by atoms with Crippen LogP contribution in [0.4, 0.5) is 0 Å². The average molecular weight is 664 g/mol. The summed E-state index contributed by atoms with van der Waals surface area (Å²) < 4.78 is 5.86. The van der Waals surface area contributed by atoms with E-state index in [1.54, 1.807) is 6.08 Å². The highest BCUT2D eigenvalue weighted by atomic mass is 32.2. The van der Waals surface area contributed by atoms with Crippen LogP contribution in [-0.4, -0.2) is 70.0 Å². The number of amides is 2. The summed E-state index contributed by atoms with van der Waals surface area (Å²) >= 11 is 1.38. The number of rotatable bonds is 12. The Labute approximate surface area is 281 Å². The molecule has 0 saturated heterocycles. The molecule has 0 heterocycles. The summed E-state index contributed by atoms with van der Waals surface area (Å²) in [5.41, 5.74) is 4.41. The fraction of sp³-hybridized carbons (Fsp3) is 0.833. The Hall–Kier alpha value is -1.91. The maximum atomic E-state index is 13.6. The van der Waals surface area contributed by atoms with Crippen LogP contribution in [-0.2, 0) is 23.9 Å². The van der Waals surface area contributed by atoms with Crippen molar-refractivity contribution < 1.29 is 29.0 Å². The van der Waals surface area contributed by atoms with E-state index < -0.39 is 39.9 Å². The normalized spacial score (nSPS) is 35.9. The first-order chi connectivity index (χ1) is 21.2. The van der Waals surface area contributed by atoms with Gasteiger partial charge in [0, 0.05) is 34.5 Å². The van der Waals surface area contributed by atoms with E-state index in [9.17, 15) is 24.3 Å². The molecule has 2 bridgehead atoms. The van der Waals surface area contributed by atoms with Gasteiger partial charge in [0.25, 0.3) is 0 Å². The Bertz CT molecular complexity index is 1170. The molecule has 3 aliphatic carbocycles. The van der Waals surface area contributed by atoms with Crippen molar-refractivity contribution in [3.05, 3.63) is 12.7 Å². The Morgan fingerprint density at radius 1 is 1.13 bits per heavy atom. The van der Waals surface area contributed by atoms with Gasteiger partial charge in [-0.1, -0.05) is 61.5 Å². The maximum Gasteiger partial charge on any atom is 0.316 e. The Kier molecular flexibility index (Phi) is 12.0. The Balaban J connectivity index is 1.73. The zero-order valence-electron chi connectivity index (χ0n) is 29.9. The lowest BCUT2D eigenvalue weighted by molar-refractivity contribution is -0.205. The van der Waals surface area contributed by atoms with Gasteiger partial charge in [0.05, 0.1) is 17.9 Å². The van der Waals surface area contributed by atoms with E-state index in [4.69, 9.17) is 10.5 Å². The second-order valence-corrected chi connectivity index (χ2v) is 18.0. The van der Waals surface area contributed by atoms with Crippen molar-refractivity contribution in [1.82, 2.24) is 10.6 Å². The van der Waals surface area contributed by atoms with Crippen LogP contribution in [0.1, 0.15) is 101 Å². The first kappa shape index (κ1) is 38.5. The van der Waals surface area contributed by atoms with Gasteiger partial charge in [-0.25, -0.2) is 0 Å². The first-order valence-electron chi connectivity index (χ1n) is 17.2. The largest absolute Gasteiger partial charge is 0.461 e. The number of ether oxygens (including phenoxy) is 1. The predicted molar refractivity (Wildman–Crippen MR) is 184 cm³/mol. The van der Waals surface area contributed by atoms with E-state index in [1.807, 2.05) is 48.5 Å². The molecule has 262 valence electrons. The third kappa shape index (κ3) is 7.39. The molecule has 3 saturated carbocycles. The topological polar surface area (TPSA) is 148 Å². The minimum Gasteiger partial charge on any atom is -0.461 e. The first-order valence-corrected chi connectivity index (χ1v) is 18.2. The molecule has 9 nitrogen and oxygen atoms in total. The second-order valence-electron chi connectivity index (χ2n) is 16.3. The van der Waals surface area contributed by atoms with Gasteiger partial charge in [0.2, 0.25) is 11.8 Å². The maximum absolute atomic E-state index is 13.6. The molecule has 3 rings (SSSR count). The number of hydrogen-bond acceptors (Lipinski definition) is 8. The smallest absolute Gasteiger partial charge is 0.316 e. The number of carbonyl (C=O) groups excluding carboxylic acids is 4. The molecule has 0 aromatic rings. The molecular formula is C36H61N3O6S. The van der Waals surface area contributed by atoms with Crippen LogP contribution in [0.2, 0.25) is 0 Å². The minimum absolute atomic E-state index is 0.0577. The van der Waals surface area contributed by atoms with Gasteiger partial charge in [-0.2, -0.15) is 0 Å². The van der Waals surface area contributed by atoms with E-state index in [-0.39, 0.29) is 70.9 Å². The summed E-state index contributed by atoms with van der Waals surface area (Å²) in [5.74, 6) is -1.16. The van der Waals surface area contributed by atoms with Crippen molar-refractivity contribution in [3.8, 4) is 0 Å². The molecule has 0 aromatic heterocycles. The Morgan fingerprint density at radius 2 is 1.76 bits per heavy atom. The van der Waals surface area contributed by atoms with E-state index in [1.165, 1.54) is 11.8 Å². The van der Waals surface area contributed by atoms with Gasteiger partial charge in [0.1, 0.15) is 17.9 Å². The summed E-state index contributed by atoms with van der Waals surface area (Å²) in [6.45, 7) is 24.1. The van der Waals surface area contributed by atoms with Crippen LogP contribution >= 0.6 is 11.8 Å². The molecule has 0 spiro atoms. The number of nitrogens with two attached hydrogens (primary N) is 1. The SMILES string of the molecule is C=C[C@]1(C)C[C@@H](OC(=O)CSC(C)(C)CNC(=O)[C@H](NC(=O)[C@H](N)C(C)C)C(C)C)[C@]2(C)[C@H](C)CC[C@]3(CCC(=O)[C@H]32)[C@@H](C)[C@@H]1O. The number of hydrogen-bond donors (Lipinski definition) is 4. The number of Topliss-reactive ketones (excluding diaryl/α,β-unsaturated/α-hetero) is 1. The number of esters is 1. The third-order valence-corrected chi connectivity index (χ3v) is 13.4. The molecule has 0 aliphatic heterocycles. The van der Waals surface area contributed by atoms with Crippen molar-refractivity contribution in [2.24, 2.45) is 51.6 Å². The number of ketones is 1. The summed E-state index contributed by atoms with van der Waals surface area (Å²) in [6.07, 6.45) is 3.96. The lowest BCUT2D eigenvalue weighted by atomic mass is 9.44. The standard InChI is InChI=1S/C36H61N3O6S/c1-12-34(10)17-25(35(11)22(6)13-15-36(23(7)30(34)42)16-14-24(40)29(35)36)45-26(41)18-46-33(8,9)19-38-32(44)28(21(4)5)39-31(43)27(37)20(2)3/h12,20-23,25,27-30,42H,1,13-19,37H2,2-11H3,(H,38,44)(H,39,43)/t22-,23+,25-,27-,28-,29+,30+,34-,35+,36+/m1/s1. The average Bonchev–Trinajstić information content (AvgIpc) is 3.35. The zero-order valence-corrected chi connectivity index (χ0v) is 30.7. The van der Waals surface area contributed by atoms with Crippen molar-refractivity contribution in [2.45, 2.75) is 130 Å². The van der Waals surface area contributed by atoms with Crippen molar-refractivity contribution in [3.63, 3.8) is 0 Å². The highest BCUT2D eigenvalue weighted by Gasteiger charge is 2.68. The van der Waals surface area contributed by atoms with Gasteiger partial charge in [-0.3, -0.25) is 19.2 Å². The van der Waals surface area contributed by atoms with E-state index in [0.29, 0.717) is 12.8 Å². The van der Waals surface area contributed by atoms with E-state index in [2.05, 4.69) is 38.0 Å². The Morgan fingerprint density at radius 3 is 2.33 bits per heavy atom. The van der Waals surface area contributed by atoms with Crippen LogP contribution < -0.4 is 16.4 Å². The number of aliphatic hydroxyl groups excluding tert-OH is 1. The quantitative estimate of drug-likeness (QED) is 0.174. The van der Waals surface area contributed by atoms with Gasteiger partial charge in [-0.15, -0.1) is 18.3 Å². The zero-order chi connectivity index (χ0) is 35.0. The highest BCUT2D eigenvalue weighted by Crippen LogP contribution is 2.68. The monoisotopic (exact) mass is 663 g/mol. The van der Waals surface area contributed by atoms with Crippen molar-refractivity contribution in [2.75, 3.05) is 12.3 Å². The van der Waals surface area contributed by atoms with Gasteiger partial charge in [-0.05, 0) is 68.6 Å². The van der Waals surface area contributed by atoms with Crippen molar-refractivity contribution in [1.29, 1.82) is 0 Å². The fourth-order valence-corrected chi connectivity index (χ4v) is 9.25. The molecule has 0 aromatic carbocycles. The number of carbonyl (C=O) groups is 4. The number of nitrogens with one attached hydrogen (secondary N) is 2. The third-order valence-electron chi connectivity index (χ3n) is 12.1. The van der Waals surface area contributed by atoms with Crippen LogP contribution in [0.15, 0.2) is 12.7 Å². The van der Waals surface area contributed by atoms with E-state index in [0.717, 1.165) is 19.3 Å². The lowest BCUT2D eigenvalue weighted by Gasteiger charge is -2.61. The summed E-state index contributed by atoms with van der Waals surface area (Å²) in [4.78, 5) is 52.9. The molecular weight excluding hydrogens is 602 g/mol. The molecule has 10 atom stereocenters. The summed E-state index contributed by atoms with van der Waals surface area (Å²) in [6, 6.07) is -1.44. The summed E-state index contributed by atoms with van der Waals surface area (Å²) in [7, 11) is 0. The molecule has 2 amide bonds. The van der Waals surface area contributed by atoms with E-state index >= 15 is 0 Å². The van der Waals surface area contributed by atoms with Gasteiger partial charge in [0.15, 0.2) is 0 Å². The van der Waals surface area contributed by atoms with Crippen LogP contribution in [0.25, 0.3) is 0 Å². The van der Waals surface area contributed by atoms with Crippen LogP contribution in [0.5, 0.6) is 0 Å². The van der Waals surface area contributed by atoms with Crippen LogP contribution in [0.3, 0.4) is 0 Å². The molecule has 10 heteroatoms. The predicted octanol–water partition coefficient (Wildman–Crippen LogP) is 4.65. The lowest BCUT2D eigenvalue weighted by Crippen LogP contribution is -2.63. The van der Waals surface area contributed by atoms with Crippen LogP contribution in [0, 0.1) is 45.8 Å². The minimum atomic E-state index is -0.733. The van der Waals surface area contributed by atoms with Gasteiger partial charge >= 0.3 is 5.97 Å². The summed E-state index contributed by atoms with van der Waals surface area (Å²) in [5, 5.41) is 17.5. The second kappa shape index (κ2) is 14.3. The molecule has 0 radical (unpaired) electrons. The molecule has 3 aliphatic rings. The molecule has 5 N–H and O–H groups in total. The number of aliphatic hydroxyl groups is 1. The van der Waals surface area contributed by atoms with Crippen molar-refractivity contribution >= 4 is 35.3 Å².